The maximum atomic E-state index is 12.0. The SMILES string of the molecule is CN[C@@H]1c2ccn3c(C)c(C)nc3c2N(C(C)=O)C[C@@H]1O. The fraction of sp³-hybridized carbons (Fsp3) is 0.467. The zero-order valence-electron chi connectivity index (χ0n) is 12.7. The molecule has 0 aliphatic carbocycles. The quantitative estimate of drug-likeness (QED) is 0.819. The van der Waals surface area contributed by atoms with Crippen LogP contribution in [0.5, 0.6) is 0 Å². The van der Waals surface area contributed by atoms with Crippen molar-refractivity contribution in [2.75, 3.05) is 18.5 Å². The molecule has 1 aliphatic rings. The number of β-amino-alcohol motifs (C(OH)–C–C–N with tert-alkyl or cyclic N) is 1. The number of hydrogen-bond acceptors (Lipinski definition) is 4. The number of anilines is 1. The van der Waals surface area contributed by atoms with Crippen LogP contribution in [0.25, 0.3) is 5.65 Å². The smallest absolute Gasteiger partial charge is 0.224 e. The van der Waals surface area contributed by atoms with Crippen LogP contribution in [0.3, 0.4) is 0 Å². The summed E-state index contributed by atoms with van der Waals surface area (Å²) in [5, 5.41) is 13.4. The number of aliphatic hydroxyl groups is 1. The number of aryl methyl sites for hydroxylation is 2. The van der Waals surface area contributed by atoms with Gasteiger partial charge in [-0.2, -0.15) is 0 Å². The maximum Gasteiger partial charge on any atom is 0.224 e. The highest BCUT2D eigenvalue weighted by atomic mass is 16.3. The van der Waals surface area contributed by atoms with Crippen LogP contribution in [0.2, 0.25) is 0 Å². The normalized spacial score (nSPS) is 21.7. The highest BCUT2D eigenvalue weighted by Gasteiger charge is 2.35. The van der Waals surface area contributed by atoms with E-state index < -0.39 is 6.10 Å². The van der Waals surface area contributed by atoms with Gasteiger partial charge in [0.05, 0.1) is 30.1 Å². The lowest BCUT2D eigenvalue weighted by Gasteiger charge is -2.37. The molecule has 21 heavy (non-hydrogen) atoms. The zero-order valence-corrected chi connectivity index (χ0v) is 12.7. The van der Waals surface area contributed by atoms with E-state index in [1.54, 1.807) is 4.90 Å². The third kappa shape index (κ3) is 1.94. The van der Waals surface area contributed by atoms with Gasteiger partial charge in [-0.05, 0) is 27.0 Å². The standard InChI is InChI=1S/C15H20N4O2/c1-8-9(2)18-6-5-11-13(16-4)12(21)7-19(10(3)20)14(11)15(18)17-8/h5-6,12-13,16,21H,7H2,1-4H3/t12-,13+/m0/s1. The minimum atomic E-state index is -0.633. The van der Waals surface area contributed by atoms with E-state index in [2.05, 4.69) is 10.3 Å². The summed E-state index contributed by atoms with van der Waals surface area (Å²) < 4.78 is 1.99. The molecule has 3 rings (SSSR count). The Balaban J connectivity index is 2.34. The molecule has 0 saturated heterocycles. The van der Waals surface area contributed by atoms with Crippen molar-refractivity contribution in [3.63, 3.8) is 0 Å². The zero-order chi connectivity index (χ0) is 15.3. The molecular weight excluding hydrogens is 268 g/mol. The Morgan fingerprint density at radius 3 is 2.81 bits per heavy atom. The highest BCUT2D eigenvalue weighted by Crippen LogP contribution is 2.37. The summed E-state index contributed by atoms with van der Waals surface area (Å²) in [5.41, 5.74) is 4.47. The molecule has 1 amide bonds. The number of hydrogen-bond donors (Lipinski definition) is 2. The van der Waals surface area contributed by atoms with E-state index in [-0.39, 0.29) is 18.5 Å². The first-order chi connectivity index (χ1) is 9.95. The molecule has 2 atom stereocenters. The van der Waals surface area contributed by atoms with Crippen molar-refractivity contribution in [3.8, 4) is 0 Å². The van der Waals surface area contributed by atoms with Gasteiger partial charge in [-0.15, -0.1) is 0 Å². The monoisotopic (exact) mass is 288 g/mol. The number of likely N-dealkylation sites (N-methyl/N-ethyl adjacent to an activating group) is 1. The average molecular weight is 288 g/mol. The summed E-state index contributed by atoms with van der Waals surface area (Å²) in [6.07, 6.45) is 1.32. The van der Waals surface area contributed by atoms with Gasteiger partial charge < -0.3 is 19.7 Å². The number of carbonyl (C=O) groups excluding carboxylic acids is 1. The molecule has 3 heterocycles. The van der Waals surface area contributed by atoms with Crippen LogP contribution in [0.1, 0.15) is 29.9 Å². The molecule has 6 nitrogen and oxygen atoms in total. The lowest BCUT2D eigenvalue weighted by atomic mass is 9.95. The minimum absolute atomic E-state index is 0.0868. The molecule has 6 heteroatoms. The Kier molecular flexibility index (Phi) is 3.22. The van der Waals surface area contributed by atoms with Gasteiger partial charge in [-0.3, -0.25) is 4.79 Å². The number of imidazole rings is 1. The molecule has 0 fully saturated rings. The first-order valence-electron chi connectivity index (χ1n) is 7.07. The first-order valence-corrected chi connectivity index (χ1v) is 7.07. The highest BCUT2D eigenvalue weighted by molar-refractivity contribution is 5.97. The van der Waals surface area contributed by atoms with E-state index in [1.165, 1.54) is 6.92 Å². The van der Waals surface area contributed by atoms with Crippen molar-refractivity contribution in [1.82, 2.24) is 14.7 Å². The second-order valence-corrected chi connectivity index (χ2v) is 5.56. The Morgan fingerprint density at radius 2 is 2.19 bits per heavy atom. The summed E-state index contributed by atoms with van der Waals surface area (Å²) in [6.45, 7) is 5.76. The van der Waals surface area contributed by atoms with E-state index in [4.69, 9.17) is 0 Å². The Morgan fingerprint density at radius 1 is 1.48 bits per heavy atom. The van der Waals surface area contributed by atoms with Gasteiger partial charge in [0.1, 0.15) is 0 Å². The summed E-state index contributed by atoms with van der Waals surface area (Å²) >= 11 is 0. The van der Waals surface area contributed by atoms with E-state index in [9.17, 15) is 9.90 Å². The van der Waals surface area contributed by atoms with Crippen molar-refractivity contribution in [2.24, 2.45) is 0 Å². The fourth-order valence-corrected chi connectivity index (χ4v) is 3.09. The number of aromatic nitrogens is 2. The summed E-state index contributed by atoms with van der Waals surface area (Å²) in [5.74, 6) is -0.0868. The Bertz CT molecular complexity index is 722. The molecule has 2 aromatic heterocycles. The minimum Gasteiger partial charge on any atom is -0.389 e. The lowest BCUT2D eigenvalue weighted by Crippen LogP contribution is -2.47. The number of amides is 1. The van der Waals surface area contributed by atoms with Crippen LogP contribution in [0.4, 0.5) is 5.69 Å². The molecule has 0 spiro atoms. The van der Waals surface area contributed by atoms with Crippen molar-refractivity contribution in [1.29, 1.82) is 0 Å². The van der Waals surface area contributed by atoms with Crippen LogP contribution in [-0.4, -0.2) is 40.1 Å². The van der Waals surface area contributed by atoms with Crippen molar-refractivity contribution >= 4 is 17.2 Å². The molecule has 2 aromatic rings. The molecule has 0 bridgehead atoms. The van der Waals surface area contributed by atoms with Crippen molar-refractivity contribution < 1.29 is 9.90 Å². The number of pyridine rings is 1. The lowest BCUT2D eigenvalue weighted by molar-refractivity contribution is -0.117. The van der Waals surface area contributed by atoms with Crippen LogP contribution >= 0.6 is 0 Å². The largest absolute Gasteiger partial charge is 0.389 e. The molecule has 0 radical (unpaired) electrons. The van der Waals surface area contributed by atoms with Crippen molar-refractivity contribution in [2.45, 2.75) is 32.9 Å². The summed E-state index contributed by atoms with van der Waals surface area (Å²) in [7, 11) is 1.81. The molecule has 112 valence electrons. The van der Waals surface area contributed by atoms with E-state index in [0.29, 0.717) is 0 Å². The molecule has 0 unspecified atom stereocenters. The first kappa shape index (κ1) is 14.0. The number of fused-ring (bicyclic) bond motifs is 3. The predicted molar refractivity (Wildman–Crippen MR) is 80.5 cm³/mol. The number of aliphatic hydroxyl groups excluding tert-OH is 1. The van der Waals surface area contributed by atoms with Crippen LogP contribution < -0.4 is 10.2 Å². The van der Waals surface area contributed by atoms with E-state index in [0.717, 1.165) is 28.3 Å². The second kappa shape index (κ2) is 4.82. The number of nitrogens with one attached hydrogen (secondary N) is 1. The fourth-order valence-electron chi connectivity index (χ4n) is 3.09. The second-order valence-electron chi connectivity index (χ2n) is 5.56. The topological polar surface area (TPSA) is 69.9 Å². The maximum absolute atomic E-state index is 12.0. The summed E-state index contributed by atoms with van der Waals surface area (Å²) in [4.78, 5) is 18.2. The van der Waals surface area contributed by atoms with Gasteiger partial charge in [0.2, 0.25) is 5.91 Å². The molecule has 1 aliphatic heterocycles. The molecular formula is C15H20N4O2. The van der Waals surface area contributed by atoms with E-state index in [1.807, 2.05) is 37.6 Å². The Hall–Kier alpha value is -1.92. The number of nitrogens with zero attached hydrogens (tertiary/aromatic N) is 3. The van der Waals surface area contributed by atoms with Crippen LogP contribution in [0.15, 0.2) is 12.3 Å². The van der Waals surface area contributed by atoms with Gasteiger partial charge in [0.15, 0.2) is 5.65 Å². The van der Waals surface area contributed by atoms with Gasteiger partial charge in [0, 0.05) is 24.4 Å². The van der Waals surface area contributed by atoms with Crippen LogP contribution in [0, 0.1) is 13.8 Å². The van der Waals surface area contributed by atoms with Crippen LogP contribution in [-0.2, 0) is 4.79 Å². The number of rotatable bonds is 1. The predicted octanol–water partition coefficient (Wildman–Crippen LogP) is 0.939. The van der Waals surface area contributed by atoms with Gasteiger partial charge in [-0.1, -0.05) is 0 Å². The third-order valence-electron chi connectivity index (χ3n) is 4.33. The van der Waals surface area contributed by atoms with Gasteiger partial charge in [-0.25, -0.2) is 4.98 Å². The third-order valence-corrected chi connectivity index (χ3v) is 4.33. The van der Waals surface area contributed by atoms with Gasteiger partial charge in [0.25, 0.3) is 0 Å². The molecule has 0 saturated carbocycles. The van der Waals surface area contributed by atoms with Gasteiger partial charge >= 0.3 is 0 Å². The number of carbonyl (C=O) groups is 1. The molecule has 0 aromatic carbocycles. The summed E-state index contributed by atoms with van der Waals surface area (Å²) in [6, 6.07) is 1.76. The van der Waals surface area contributed by atoms with E-state index >= 15 is 0 Å². The molecule has 2 N–H and O–H groups in total. The average Bonchev–Trinajstić information content (AvgIpc) is 2.73. The van der Waals surface area contributed by atoms with Crippen molar-refractivity contribution in [3.05, 3.63) is 29.2 Å². The Labute approximate surface area is 123 Å².